The average Bonchev–Trinajstić information content (AvgIpc) is 3.51. The quantitative estimate of drug-likeness (QED) is 0.457. The SMILES string of the molecule is Cc1noc(C)c1-c1cc(C(N)=O)c2c(c1)c1ccc(N3CCCOC3=O)cc1n2CC1CC1. The van der Waals surface area contributed by atoms with Crippen molar-refractivity contribution in [2.75, 3.05) is 18.1 Å². The van der Waals surface area contributed by atoms with E-state index in [2.05, 4.69) is 15.8 Å². The van der Waals surface area contributed by atoms with Gasteiger partial charge in [0.1, 0.15) is 5.76 Å². The van der Waals surface area contributed by atoms with Gasteiger partial charge in [-0.05, 0) is 68.9 Å². The molecule has 2 amide bonds. The van der Waals surface area contributed by atoms with E-state index in [0.717, 1.165) is 57.3 Å². The number of rotatable bonds is 5. The number of primary amides is 1. The van der Waals surface area contributed by atoms with E-state index in [-0.39, 0.29) is 6.09 Å². The molecule has 34 heavy (non-hydrogen) atoms. The van der Waals surface area contributed by atoms with Crippen molar-refractivity contribution in [2.24, 2.45) is 11.7 Å². The van der Waals surface area contributed by atoms with Crippen LogP contribution in [0.25, 0.3) is 32.9 Å². The van der Waals surface area contributed by atoms with Gasteiger partial charge in [0, 0.05) is 35.1 Å². The Morgan fingerprint density at radius 2 is 2.00 bits per heavy atom. The van der Waals surface area contributed by atoms with Crippen molar-refractivity contribution < 1.29 is 18.8 Å². The summed E-state index contributed by atoms with van der Waals surface area (Å²) in [5.74, 6) is 0.795. The number of aromatic nitrogens is 2. The molecule has 0 bridgehead atoms. The first-order valence-corrected chi connectivity index (χ1v) is 11.7. The second kappa shape index (κ2) is 7.62. The van der Waals surface area contributed by atoms with E-state index in [9.17, 15) is 9.59 Å². The molecule has 6 rings (SSSR count). The first-order valence-electron chi connectivity index (χ1n) is 11.7. The Hall–Kier alpha value is -3.81. The molecular formula is C26H26N4O4. The van der Waals surface area contributed by atoms with E-state index in [1.807, 2.05) is 38.1 Å². The number of fused-ring (bicyclic) bond motifs is 3. The molecule has 174 valence electrons. The minimum Gasteiger partial charge on any atom is -0.449 e. The standard InChI is InChI=1S/C26H26N4O4/c1-14-23(15(2)34-28-14)17-10-20-19-7-6-18(29-8-3-9-33-26(29)32)12-22(19)30(13-16-4-5-16)24(20)21(11-17)25(27)31/h6-7,10-12,16H,3-5,8-9,13H2,1-2H3,(H2,27,31). The Kier molecular flexibility index (Phi) is 4.65. The molecule has 4 aromatic rings. The number of cyclic esters (lactones) is 1. The normalized spacial score (nSPS) is 16.4. The lowest BCUT2D eigenvalue weighted by Crippen LogP contribution is -2.37. The van der Waals surface area contributed by atoms with E-state index in [4.69, 9.17) is 15.0 Å². The van der Waals surface area contributed by atoms with Crippen LogP contribution in [0.15, 0.2) is 34.9 Å². The van der Waals surface area contributed by atoms with Crippen LogP contribution in [0.1, 0.15) is 41.1 Å². The van der Waals surface area contributed by atoms with Crippen molar-refractivity contribution in [3.63, 3.8) is 0 Å². The van der Waals surface area contributed by atoms with Crippen molar-refractivity contribution in [2.45, 2.75) is 39.7 Å². The van der Waals surface area contributed by atoms with Gasteiger partial charge < -0.3 is 19.6 Å². The highest BCUT2D eigenvalue weighted by atomic mass is 16.6. The predicted octanol–water partition coefficient (Wildman–Crippen LogP) is 4.92. The van der Waals surface area contributed by atoms with Gasteiger partial charge in [0.15, 0.2) is 0 Å². The van der Waals surface area contributed by atoms with Crippen LogP contribution in [0.3, 0.4) is 0 Å². The van der Waals surface area contributed by atoms with Crippen LogP contribution in [-0.2, 0) is 11.3 Å². The number of hydrogen-bond acceptors (Lipinski definition) is 5. The van der Waals surface area contributed by atoms with Crippen LogP contribution in [0, 0.1) is 19.8 Å². The second-order valence-corrected chi connectivity index (χ2v) is 9.36. The highest BCUT2D eigenvalue weighted by Gasteiger charge is 2.28. The molecule has 2 aliphatic rings. The Morgan fingerprint density at radius 1 is 1.18 bits per heavy atom. The summed E-state index contributed by atoms with van der Waals surface area (Å²) in [5.41, 5.74) is 11.5. The van der Waals surface area contributed by atoms with Crippen LogP contribution in [0.5, 0.6) is 0 Å². The van der Waals surface area contributed by atoms with Gasteiger partial charge in [-0.3, -0.25) is 9.69 Å². The molecule has 0 radical (unpaired) electrons. The number of anilines is 1. The molecule has 2 aromatic heterocycles. The molecule has 2 aromatic carbocycles. The van der Waals surface area contributed by atoms with Crippen molar-refractivity contribution in [3.05, 3.63) is 47.3 Å². The molecule has 1 aliphatic heterocycles. The number of hydrogen-bond donors (Lipinski definition) is 1. The molecule has 0 spiro atoms. The summed E-state index contributed by atoms with van der Waals surface area (Å²) in [4.78, 5) is 26.7. The molecular weight excluding hydrogens is 432 g/mol. The van der Waals surface area contributed by atoms with Crippen LogP contribution in [-0.4, -0.2) is 34.9 Å². The fourth-order valence-corrected chi connectivity index (χ4v) is 5.15. The lowest BCUT2D eigenvalue weighted by Gasteiger charge is -2.26. The summed E-state index contributed by atoms with van der Waals surface area (Å²) in [6.45, 7) is 5.63. The molecule has 1 aliphatic carbocycles. The van der Waals surface area contributed by atoms with Gasteiger partial charge >= 0.3 is 6.09 Å². The molecule has 1 saturated heterocycles. The highest BCUT2D eigenvalue weighted by Crippen LogP contribution is 2.41. The second-order valence-electron chi connectivity index (χ2n) is 9.36. The first kappa shape index (κ1) is 20.8. The first-order chi connectivity index (χ1) is 16.4. The summed E-state index contributed by atoms with van der Waals surface area (Å²) >= 11 is 0. The maximum absolute atomic E-state index is 12.7. The smallest absolute Gasteiger partial charge is 0.414 e. The van der Waals surface area contributed by atoms with Crippen molar-refractivity contribution in [1.29, 1.82) is 0 Å². The molecule has 0 unspecified atom stereocenters. The third kappa shape index (κ3) is 3.24. The summed E-state index contributed by atoms with van der Waals surface area (Å²) in [5, 5.41) is 6.06. The lowest BCUT2D eigenvalue weighted by atomic mass is 9.97. The number of aryl methyl sites for hydroxylation is 2. The van der Waals surface area contributed by atoms with E-state index < -0.39 is 5.91 Å². The number of benzene rings is 2. The average molecular weight is 459 g/mol. The minimum atomic E-state index is -0.474. The minimum absolute atomic E-state index is 0.325. The molecule has 8 nitrogen and oxygen atoms in total. The van der Waals surface area contributed by atoms with Gasteiger partial charge in [0.05, 0.1) is 28.9 Å². The van der Waals surface area contributed by atoms with Crippen LogP contribution < -0.4 is 10.6 Å². The summed E-state index contributed by atoms with van der Waals surface area (Å²) < 4.78 is 12.8. The van der Waals surface area contributed by atoms with Crippen LogP contribution in [0.2, 0.25) is 0 Å². The molecule has 1 saturated carbocycles. The molecule has 8 heteroatoms. The Balaban J connectivity index is 1.64. The summed E-state index contributed by atoms with van der Waals surface area (Å²) in [6.07, 6.45) is 2.81. The largest absolute Gasteiger partial charge is 0.449 e. The van der Waals surface area contributed by atoms with Crippen LogP contribution in [0.4, 0.5) is 10.5 Å². The predicted molar refractivity (Wildman–Crippen MR) is 129 cm³/mol. The molecule has 0 atom stereocenters. The molecule has 3 heterocycles. The Bertz CT molecular complexity index is 1460. The van der Waals surface area contributed by atoms with Crippen molar-refractivity contribution >= 4 is 39.5 Å². The zero-order valence-corrected chi connectivity index (χ0v) is 19.3. The number of ether oxygens (including phenoxy) is 1. The fourth-order valence-electron chi connectivity index (χ4n) is 5.15. The van der Waals surface area contributed by atoms with Gasteiger partial charge in [-0.25, -0.2) is 4.79 Å². The molecule has 2 N–H and O–H groups in total. The Morgan fingerprint density at radius 3 is 2.68 bits per heavy atom. The van der Waals surface area contributed by atoms with Crippen molar-refractivity contribution in [1.82, 2.24) is 9.72 Å². The van der Waals surface area contributed by atoms with Gasteiger partial charge in [0.2, 0.25) is 0 Å². The fraction of sp³-hybridized carbons (Fsp3) is 0.346. The molecule has 2 fully saturated rings. The van der Waals surface area contributed by atoms with Crippen LogP contribution >= 0.6 is 0 Å². The number of nitrogens with two attached hydrogens (primary N) is 1. The maximum Gasteiger partial charge on any atom is 0.414 e. The van der Waals surface area contributed by atoms with E-state index in [0.29, 0.717) is 30.4 Å². The number of carbonyl (C=O) groups excluding carboxylic acids is 2. The van der Waals surface area contributed by atoms with Gasteiger partial charge in [0.25, 0.3) is 5.91 Å². The van der Waals surface area contributed by atoms with Gasteiger partial charge in [-0.1, -0.05) is 11.2 Å². The lowest BCUT2D eigenvalue weighted by molar-refractivity contribution is 0.100. The highest BCUT2D eigenvalue weighted by molar-refractivity contribution is 6.17. The number of nitrogens with zero attached hydrogens (tertiary/aromatic N) is 3. The Labute approximate surface area is 196 Å². The van der Waals surface area contributed by atoms with E-state index >= 15 is 0 Å². The van der Waals surface area contributed by atoms with E-state index in [1.165, 1.54) is 12.8 Å². The monoisotopic (exact) mass is 458 g/mol. The third-order valence-corrected chi connectivity index (χ3v) is 6.95. The van der Waals surface area contributed by atoms with E-state index in [1.54, 1.807) is 4.90 Å². The third-order valence-electron chi connectivity index (χ3n) is 6.95. The zero-order valence-electron chi connectivity index (χ0n) is 19.3. The zero-order chi connectivity index (χ0) is 23.6. The van der Waals surface area contributed by atoms with Gasteiger partial charge in [-0.2, -0.15) is 0 Å². The number of carbonyl (C=O) groups is 2. The summed E-state index contributed by atoms with van der Waals surface area (Å²) in [7, 11) is 0. The topological polar surface area (TPSA) is 104 Å². The van der Waals surface area contributed by atoms with Crippen molar-refractivity contribution in [3.8, 4) is 11.1 Å². The van der Waals surface area contributed by atoms with Gasteiger partial charge in [-0.15, -0.1) is 0 Å². The number of amides is 2. The summed E-state index contributed by atoms with van der Waals surface area (Å²) in [6, 6.07) is 9.95. The maximum atomic E-state index is 12.7.